The molecule has 0 amide bonds. The summed E-state index contributed by atoms with van der Waals surface area (Å²) in [4.78, 5) is 0. The van der Waals surface area contributed by atoms with Crippen LogP contribution in [0.25, 0.3) is 0 Å². The van der Waals surface area contributed by atoms with Crippen molar-refractivity contribution < 1.29 is 17.0 Å². The van der Waals surface area contributed by atoms with Crippen molar-refractivity contribution >= 4 is 18.6 Å². The first-order valence-electron chi connectivity index (χ1n) is 4.53. The van der Waals surface area contributed by atoms with Gasteiger partial charge in [-0.1, -0.05) is 13.8 Å². The van der Waals surface area contributed by atoms with Crippen LogP contribution in [0.3, 0.4) is 0 Å². The zero-order valence-electron chi connectivity index (χ0n) is 8.87. The fraction of sp³-hybridized carbons (Fsp3) is 0.167. The number of halogens is 2. The van der Waals surface area contributed by atoms with Crippen LogP contribution in [-0.4, -0.2) is 0 Å². The van der Waals surface area contributed by atoms with Crippen molar-refractivity contribution in [2.75, 3.05) is 0 Å². The zero-order chi connectivity index (χ0) is 11.5. The second kappa shape index (κ2) is 11.8. The predicted molar refractivity (Wildman–Crippen MR) is 63.9 cm³/mol. The summed E-state index contributed by atoms with van der Waals surface area (Å²) in [5.41, 5.74) is 0. The van der Waals surface area contributed by atoms with Gasteiger partial charge in [-0.25, -0.2) is 0 Å². The molecule has 2 rings (SSSR count). The van der Waals surface area contributed by atoms with Crippen LogP contribution in [0.2, 0.25) is 0 Å². The van der Waals surface area contributed by atoms with Gasteiger partial charge in [0.1, 0.15) is 0 Å². The minimum atomic E-state index is -0.556. The third-order valence-corrected chi connectivity index (χ3v) is 1.66. The maximum atomic E-state index is 4.89. The van der Waals surface area contributed by atoms with E-state index < -0.39 is 17.0 Å². The molecule has 0 aromatic carbocycles. The summed E-state index contributed by atoms with van der Waals surface area (Å²) >= 11 is -0.556. The Kier molecular flexibility index (Phi) is 12.8. The van der Waals surface area contributed by atoms with Gasteiger partial charge >= 0.3 is 35.6 Å². The Labute approximate surface area is 112 Å². The molecule has 0 aromatic rings. The third-order valence-electron chi connectivity index (χ3n) is 1.66. The molecule has 0 spiro atoms. The van der Waals surface area contributed by atoms with Crippen molar-refractivity contribution in [2.24, 2.45) is 0 Å². The second-order valence-corrected chi connectivity index (χ2v) is 5.58. The van der Waals surface area contributed by atoms with Gasteiger partial charge in [0, 0.05) is 0 Å². The summed E-state index contributed by atoms with van der Waals surface area (Å²) in [7, 11) is 9.78. The first kappa shape index (κ1) is 16.3. The number of hydrogen-bond donors (Lipinski definition) is 0. The predicted octanol–water partition coefficient (Wildman–Crippen LogP) is 4.20. The molecule has 0 saturated heterocycles. The van der Waals surface area contributed by atoms with Crippen molar-refractivity contribution in [1.29, 1.82) is 0 Å². The molecule has 3 heteroatoms. The van der Waals surface area contributed by atoms with Gasteiger partial charge in [0.2, 0.25) is 0 Å². The van der Waals surface area contributed by atoms with Crippen LogP contribution < -0.4 is 0 Å². The number of hydrogen-bond acceptors (Lipinski definition) is 0. The molecule has 2 fully saturated rings. The van der Waals surface area contributed by atoms with E-state index in [-0.39, 0.29) is 0 Å². The Morgan fingerprint density at radius 3 is 1.00 bits per heavy atom. The molecule has 0 atom stereocenters. The topological polar surface area (TPSA) is 0 Å². The van der Waals surface area contributed by atoms with E-state index in [0.717, 1.165) is 0 Å². The van der Waals surface area contributed by atoms with Crippen LogP contribution in [0, 0.1) is 63.2 Å². The molecule has 0 aromatic heterocycles. The third kappa shape index (κ3) is 11.6. The van der Waals surface area contributed by atoms with Gasteiger partial charge in [0.05, 0.1) is 0 Å². The summed E-state index contributed by atoms with van der Waals surface area (Å²) in [5, 5.41) is 0. The molecule has 0 heterocycles. The normalized spacial score (nSPS) is 21.3. The van der Waals surface area contributed by atoms with Gasteiger partial charge in [-0.15, -0.1) is 0 Å². The molecule has 2 aliphatic carbocycles. The van der Waals surface area contributed by atoms with Crippen molar-refractivity contribution in [3.8, 4) is 0 Å². The van der Waals surface area contributed by atoms with Crippen molar-refractivity contribution in [2.45, 2.75) is 13.8 Å². The molecule has 15 heavy (non-hydrogen) atoms. The quantitative estimate of drug-likeness (QED) is 0.582. The minimum absolute atomic E-state index is 0.556. The second-order valence-electron chi connectivity index (χ2n) is 3.00. The van der Waals surface area contributed by atoms with Crippen LogP contribution in [0.5, 0.6) is 0 Å². The van der Waals surface area contributed by atoms with E-state index >= 15 is 0 Å². The Balaban J connectivity index is 0.000000210. The molecule has 10 radical (unpaired) electrons. The Morgan fingerprint density at radius 1 is 0.733 bits per heavy atom. The van der Waals surface area contributed by atoms with Gasteiger partial charge < -0.3 is 0 Å². The Hall–Kier alpha value is 1.29. The van der Waals surface area contributed by atoms with Crippen LogP contribution in [0.1, 0.15) is 13.8 Å². The average Bonchev–Trinajstić information content (AvgIpc) is 2.81. The molecule has 0 N–H and O–H groups in total. The number of rotatable bonds is 0. The fourth-order valence-corrected chi connectivity index (χ4v) is 0.940. The van der Waals surface area contributed by atoms with Crippen LogP contribution in [0.15, 0.2) is 0 Å². The molecule has 0 nitrogen and oxygen atoms in total. The summed E-state index contributed by atoms with van der Waals surface area (Å²) in [6.07, 6.45) is 16.5. The fourth-order valence-electron chi connectivity index (χ4n) is 0.940. The summed E-state index contributed by atoms with van der Waals surface area (Å²) < 4.78 is 0. The first-order chi connectivity index (χ1) is 7.20. The summed E-state index contributed by atoms with van der Waals surface area (Å²) in [6, 6.07) is 0. The molecular weight excluding hydrogens is 263 g/mol. The maximum absolute atomic E-state index is 4.89. The van der Waals surface area contributed by atoms with Crippen molar-refractivity contribution in [1.82, 2.24) is 0 Å². The molecule has 80 valence electrons. The van der Waals surface area contributed by atoms with Crippen molar-refractivity contribution in [3.05, 3.63) is 63.2 Å². The van der Waals surface area contributed by atoms with E-state index in [1.54, 1.807) is 0 Å². The van der Waals surface area contributed by atoms with Gasteiger partial charge in [0.25, 0.3) is 0 Å². The Bertz CT molecular complexity index is 105. The molecule has 2 aliphatic rings. The average molecular weight is 277 g/mol. The van der Waals surface area contributed by atoms with Gasteiger partial charge in [0.15, 0.2) is 0 Å². The van der Waals surface area contributed by atoms with E-state index in [1.807, 2.05) is 25.7 Å². The van der Waals surface area contributed by atoms with Crippen molar-refractivity contribution in [3.63, 3.8) is 0 Å². The zero-order valence-corrected chi connectivity index (χ0v) is 11.9. The molecule has 0 unspecified atom stereocenters. The van der Waals surface area contributed by atoms with Crippen LogP contribution in [-0.2, 0) is 17.0 Å². The van der Waals surface area contributed by atoms with Crippen LogP contribution in [0.4, 0.5) is 0 Å². The van der Waals surface area contributed by atoms with E-state index in [0.29, 0.717) is 0 Å². The molecular formula is C12H14Cl2Ti. The standard InChI is InChI=1S/2C6H7.2ClH.Ti/c2*1-6-4-2-3-5-6;;;/h2*2-5H,1H3;2*1H;/q;;;;+2/p-2. The molecule has 0 bridgehead atoms. The van der Waals surface area contributed by atoms with Gasteiger partial charge in [-0.3, -0.25) is 0 Å². The Morgan fingerprint density at radius 2 is 0.933 bits per heavy atom. The monoisotopic (exact) mass is 276 g/mol. The molecule has 2 saturated carbocycles. The summed E-state index contributed by atoms with van der Waals surface area (Å²) in [6.45, 7) is 4.17. The van der Waals surface area contributed by atoms with Gasteiger partial charge in [-0.05, 0) is 63.2 Å². The molecule has 0 aliphatic heterocycles. The summed E-state index contributed by atoms with van der Waals surface area (Å²) in [5.74, 6) is 2.69. The van der Waals surface area contributed by atoms with E-state index in [9.17, 15) is 0 Å². The van der Waals surface area contributed by atoms with Gasteiger partial charge in [-0.2, -0.15) is 0 Å². The van der Waals surface area contributed by atoms with E-state index in [2.05, 4.69) is 39.5 Å². The van der Waals surface area contributed by atoms with Crippen LogP contribution >= 0.6 is 18.6 Å². The van der Waals surface area contributed by atoms with E-state index in [1.165, 1.54) is 11.8 Å². The van der Waals surface area contributed by atoms with E-state index in [4.69, 9.17) is 18.6 Å². The first-order valence-corrected chi connectivity index (χ1v) is 8.83. The SMILES string of the molecule is C[C]1[CH][CH][CH][CH]1.C[C]1[CH][CH][CH][CH]1.[Cl][Ti][Cl].